The largest absolute Gasteiger partial charge is 0.476 e. The van der Waals surface area contributed by atoms with Crippen molar-refractivity contribution >= 4 is 17.4 Å². The molecule has 1 aliphatic heterocycles. The molecule has 2 aromatic heterocycles. The van der Waals surface area contributed by atoms with Gasteiger partial charge in [0, 0.05) is 19.3 Å². The van der Waals surface area contributed by atoms with Crippen LogP contribution in [0.2, 0.25) is 0 Å². The van der Waals surface area contributed by atoms with Crippen LogP contribution in [-0.2, 0) is 4.74 Å². The van der Waals surface area contributed by atoms with Crippen molar-refractivity contribution in [1.82, 2.24) is 9.38 Å². The molecule has 3 heterocycles. The Morgan fingerprint density at radius 1 is 1.55 bits per heavy atom. The van der Waals surface area contributed by atoms with Gasteiger partial charge in [0.05, 0.1) is 6.61 Å². The van der Waals surface area contributed by atoms with Crippen LogP contribution in [0.5, 0.6) is 0 Å². The standard InChI is InChI=1S/C14H17N3O3/c18-14(19)12-13(15-8-10-4-3-7-20-9-10)16-11-5-1-2-6-17(11)12/h1-2,5-6,10,15H,3-4,7-9H2,(H,18,19). The van der Waals surface area contributed by atoms with Crippen LogP contribution >= 0.6 is 0 Å². The van der Waals surface area contributed by atoms with Crippen molar-refractivity contribution in [3.8, 4) is 0 Å². The van der Waals surface area contributed by atoms with Crippen LogP contribution in [0.15, 0.2) is 24.4 Å². The minimum Gasteiger partial charge on any atom is -0.476 e. The highest BCUT2D eigenvalue weighted by atomic mass is 16.5. The molecule has 2 aromatic rings. The average molecular weight is 275 g/mol. The molecule has 0 spiro atoms. The number of rotatable bonds is 4. The van der Waals surface area contributed by atoms with Crippen molar-refractivity contribution in [3.05, 3.63) is 30.1 Å². The number of aromatic carboxylic acids is 1. The molecular weight excluding hydrogens is 258 g/mol. The van der Waals surface area contributed by atoms with Crippen molar-refractivity contribution in [3.63, 3.8) is 0 Å². The SMILES string of the molecule is O=C(O)c1c(NCC2CCCOC2)nc2ccccn12. The highest BCUT2D eigenvalue weighted by Gasteiger charge is 2.20. The number of carboxylic acid groups (broad SMARTS) is 1. The third-order valence-corrected chi connectivity index (χ3v) is 3.55. The lowest BCUT2D eigenvalue weighted by Gasteiger charge is -2.22. The Labute approximate surface area is 116 Å². The number of carbonyl (C=O) groups is 1. The molecular formula is C14H17N3O3. The molecule has 106 valence electrons. The lowest BCUT2D eigenvalue weighted by atomic mass is 10.0. The first-order valence-electron chi connectivity index (χ1n) is 6.77. The summed E-state index contributed by atoms with van der Waals surface area (Å²) in [7, 11) is 0. The zero-order valence-electron chi connectivity index (χ0n) is 11.1. The van der Waals surface area contributed by atoms with Crippen LogP contribution in [-0.4, -0.2) is 40.2 Å². The van der Waals surface area contributed by atoms with Crippen molar-refractivity contribution in [2.75, 3.05) is 25.1 Å². The molecule has 0 bridgehead atoms. The predicted molar refractivity (Wildman–Crippen MR) is 74.2 cm³/mol. The van der Waals surface area contributed by atoms with E-state index in [1.54, 1.807) is 22.7 Å². The van der Waals surface area contributed by atoms with E-state index < -0.39 is 5.97 Å². The van der Waals surface area contributed by atoms with E-state index in [2.05, 4.69) is 10.3 Å². The molecule has 6 heteroatoms. The highest BCUT2D eigenvalue weighted by molar-refractivity contribution is 5.92. The van der Waals surface area contributed by atoms with Gasteiger partial charge in [-0.05, 0) is 30.9 Å². The first kappa shape index (κ1) is 12.9. The number of imidazole rings is 1. The Morgan fingerprint density at radius 3 is 3.20 bits per heavy atom. The molecule has 1 atom stereocenters. The summed E-state index contributed by atoms with van der Waals surface area (Å²) < 4.78 is 7.01. The fourth-order valence-corrected chi connectivity index (χ4v) is 2.53. The number of hydrogen-bond acceptors (Lipinski definition) is 4. The van der Waals surface area contributed by atoms with E-state index in [1.165, 1.54) is 0 Å². The van der Waals surface area contributed by atoms with Gasteiger partial charge in [-0.2, -0.15) is 0 Å². The first-order chi connectivity index (χ1) is 9.75. The number of hydrogen-bond donors (Lipinski definition) is 2. The molecule has 0 saturated carbocycles. The van der Waals surface area contributed by atoms with E-state index in [-0.39, 0.29) is 5.69 Å². The van der Waals surface area contributed by atoms with Gasteiger partial charge in [-0.1, -0.05) is 6.07 Å². The molecule has 6 nitrogen and oxygen atoms in total. The summed E-state index contributed by atoms with van der Waals surface area (Å²) in [6.07, 6.45) is 3.87. The molecule has 0 amide bonds. The summed E-state index contributed by atoms with van der Waals surface area (Å²) in [5.41, 5.74) is 0.810. The van der Waals surface area contributed by atoms with Gasteiger partial charge in [0.25, 0.3) is 0 Å². The van der Waals surface area contributed by atoms with Crippen LogP contribution in [0, 0.1) is 5.92 Å². The summed E-state index contributed by atoms with van der Waals surface area (Å²) >= 11 is 0. The fourth-order valence-electron chi connectivity index (χ4n) is 2.53. The monoisotopic (exact) mass is 275 g/mol. The van der Waals surface area contributed by atoms with E-state index in [9.17, 15) is 9.90 Å². The number of carboxylic acids is 1. The van der Waals surface area contributed by atoms with Crippen LogP contribution in [0.4, 0.5) is 5.82 Å². The molecule has 20 heavy (non-hydrogen) atoms. The zero-order chi connectivity index (χ0) is 13.9. The van der Waals surface area contributed by atoms with Crippen molar-refractivity contribution in [1.29, 1.82) is 0 Å². The van der Waals surface area contributed by atoms with E-state index in [0.717, 1.165) is 26.1 Å². The molecule has 2 N–H and O–H groups in total. The number of nitrogens with zero attached hydrogens (tertiary/aromatic N) is 2. The maximum absolute atomic E-state index is 11.4. The number of fused-ring (bicyclic) bond motifs is 1. The number of ether oxygens (including phenoxy) is 1. The van der Waals surface area contributed by atoms with Gasteiger partial charge in [-0.25, -0.2) is 9.78 Å². The van der Waals surface area contributed by atoms with Gasteiger partial charge in [-0.15, -0.1) is 0 Å². The molecule has 1 aliphatic rings. The molecule has 1 saturated heterocycles. The molecule has 1 unspecified atom stereocenters. The average Bonchev–Trinajstić information content (AvgIpc) is 2.84. The normalized spacial score (nSPS) is 19.1. The van der Waals surface area contributed by atoms with Gasteiger partial charge in [0.2, 0.25) is 0 Å². The Balaban J connectivity index is 1.82. The second kappa shape index (κ2) is 5.50. The molecule has 0 aromatic carbocycles. The summed E-state index contributed by atoms with van der Waals surface area (Å²) in [4.78, 5) is 15.8. The van der Waals surface area contributed by atoms with Gasteiger partial charge in [-0.3, -0.25) is 4.40 Å². The van der Waals surface area contributed by atoms with E-state index in [0.29, 0.717) is 23.9 Å². The van der Waals surface area contributed by atoms with Crippen LogP contribution in [0.25, 0.3) is 5.65 Å². The topological polar surface area (TPSA) is 75.9 Å². The van der Waals surface area contributed by atoms with Crippen LogP contribution in [0.3, 0.4) is 0 Å². The van der Waals surface area contributed by atoms with Gasteiger partial charge in [0.15, 0.2) is 11.5 Å². The Hall–Kier alpha value is -2.08. The molecule has 0 aliphatic carbocycles. The molecule has 0 radical (unpaired) electrons. The quantitative estimate of drug-likeness (QED) is 0.891. The Morgan fingerprint density at radius 2 is 2.45 bits per heavy atom. The Kier molecular flexibility index (Phi) is 3.56. The number of nitrogens with one attached hydrogen (secondary N) is 1. The van der Waals surface area contributed by atoms with Gasteiger partial charge in [0.1, 0.15) is 5.65 Å². The zero-order valence-corrected chi connectivity index (χ0v) is 11.1. The number of anilines is 1. The maximum atomic E-state index is 11.4. The van der Waals surface area contributed by atoms with Crippen molar-refractivity contribution in [2.24, 2.45) is 5.92 Å². The van der Waals surface area contributed by atoms with E-state index in [4.69, 9.17) is 4.74 Å². The van der Waals surface area contributed by atoms with E-state index in [1.807, 2.05) is 6.07 Å². The van der Waals surface area contributed by atoms with Gasteiger partial charge < -0.3 is 15.2 Å². The maximum Gasteiger partial charge on any atom is 0.356 e. The predicted octanol–water partition coefficient (Wildman–Crippen LogP) is 1.87. The minimum absolute atomic E-state index is 0.178. The van der Waals surface area contributed by atoms with Crippen LogP contribution in [0.1, 0.15) is 23.3 Å². The van der Waals surface area contributed by atoms with Crippen molar-refractivity contribution < 1.29 is 14.6 Å². The van der Waals surface area contributed by atoms with E-state index >= 15 is 0 Å². The van der Waals surface area contributed by atoms with Gasteiger partial charge >= 0.3 is 5.97 Å². The van der Waals surface area contributed by atoms with Crippen molar-refractivity contribution in [2.45, 2.75) is 12.8 Å². The smallest absolute Gasteiger partial charge is 0.356 e. The van der Waals surface area contributed by atoms with Crippen LogP contribution < -0.4 is 5.32 Å². The fraction of sp³-hybridized carbons (Fsp3) is 0.429. The molecule has 1 fully saturated rings. The Bertz CT molecular complexity index is 617. The lowest BCUT2D eigenvalue weighted by molar-refractivity contribution is 0.0594. The second-order valence-corrected chi connectivity index (χ2v) is 5.01. The third-order valence-electron chi connectivity index (χ3n) is 3.55. The summed E-state index contributed by atoms with van der Waals surface area (Å²) in [5, 5.41) is 12.5. The molecule has 3 rings (SSSR count). The third kappa shape index (κ3) is 2.46. The highest BCUT2D eigenvalue weighted by Crippen LogP contribution is 2.20. The summed E-state index contributed by atoms with van der Waals surface area (Å²) in [6, 6.07) is 5.42. The summed E-state index contributed by atoms with van der Waals surface area (Å²) in [6.45, 7) is 2.23. The second-order valence-electron chi connectivity index (χ2n) is 5.01. The number of aromatic nitrogens is 2. The first-order valence-corrected chi connectivity index (χ1v) is 6.77. The minimum atomic E-state index is -0.980. The lowest BCUT2D eigenvalue weighted by Crippen LogP contribution is -2.25. The summed E-state index contributed by atoms with van der Waals surface area (Å²) in [5.74, 6) is -0.143. The number of pyridine rings is 1.